The summed E-state index contributed by atoms with van der Waals surface area (Å²) in [6, 6.07) is 10.0. The molecule has 0 aromatic heterocycles. The molecule has 0 bridgehead atoms. The number of amides is 1. The van der Waals surface area contributed by atoms with Gasteiger partial charge in [-0.15, -0.1) is 0 Å². The van der Waals surface area contributed by atoms with E-state index in [1.807, 2.05) is 52.5 Å². The number of allylic oxidation sites excluding steroid dienone is 1. The molecule has 0 radical (unpaired) electrons. The van der Waals surface area contributed by atoms with Crippen molar-refractivity contribution in [1.82, 2.24) is 14.7 Å². The first-order valence-corrected chi connectivity index (χ1v) is 11.8. The van der Waals surface area contributed by atoms with E-state index in [4.69, 9.17) is 4.74 Å². The largest absolute Gasteiger partial charge is 0.466 e. The van der Waals surface area contributed by atoms with Gasteiger partial charge in [-0.3, -0.25) is 4.79 Å². The zero-order valence-electron chi connectivity index (χ0n) is 19.1. The Balaban J connectivity index is 1.58. The maximum absolute atomic E-state index is 13.2. The van der Waals surface area contributed by atoms with Crippen LogP contribution < -0.4 is 0 Å². The van der Waals surface area contributed by atoms with Crippen molar-refractivity contribution in [3.8, 4) is 0 Å². The Labute approximate surface area is 193 Å². The summed E-state index contributed by atoms with van der Waals surface area (Å²) in [5.74, 6) is -0.277. The van der Waals surface area contributed by atoms with Gasteiger partial charge in [0.1, 0.15) is 0 Å². The summed E-state index contributed by atoms with van der Waals surface area (Å²) in [7, 11) is 5.58. The van der Waals surface area contributed by atoms with E-state index >= 15 is 0 Å². The number of carbonyl (C=O) groups is 2. The van der Waals surface area contributed by atoms with Crippen molar-refractivity contribution in [1.29, 1.82) is 0 Å². The number of fused-ring (bicyclic) bond motifs is 1. The number of methoxy groups -OCH3 is 1. The van der Waals surface area contributed by atoms with Crippen molar-refractivity contribution in [2.75, 3.05) is 34.3 Å². The molecule has 32 heavy (non-hydrogen) atoms. The van der Waals surface area contributed by atoms with Gasteiger partial charge in [-0.25, -0.2) is 9.79 Å². The van der Waals surface area contributed by atoms with E-state index < -0.39 is 5.97 Å². The van der Waals surface area contributed by atoms with Crippen LogP contribution in [0.25, 0.3) is 0 Å². The SMILES string of the molecule is COC(=O)C1=C(C)N=C2SC=C(CC(=O)N3CCC(N(C)C)CC3)N2C1c1ccccc1. The van der Waals surface area contributed by atoms with E-state index in [0.29, 0.717) is 17.3 Å². The second kappa shape index (κ2) is 9.50. The van der Waals surface area contributed by atoms with Crippen molar-refractivity contribution in [2.45, 2.75) is 38.3 Å². The molecule has 1 saturated heterocycles. The van der Waals surface area contributed by atoms with E-state index in [1.54, 1.807) is 0 Å². The number of hydrogen-bond acceptors (Lipinski definition) is 7. The second-order valence-corrected chi connectivity index (χ2v) is 9.38. The fourth-order valence-corrected chi connectivity index (χ4v) is 5.55. The minimum absolute atomic E-state index is 0.119. The highest BCUT2D eigenvalue weighted by Crippen LogP contribution is 2.44. The molecule has 0 saturated carbocycles. The van der Waals surface area contributed by atoms with Crippen molar-refractivity contribution < 1.29 is 14.3 Å². The summed E-state index contributed by atoms with van der Waals surface area (Å²) >= 11 is 1.50. The van der Waals surface area contributed by atoms with Crippen LogP contribution in [-0.4, -0.2) is 72.1 Å². The first kappa shape index (κ1) is 22.6. The molecule has 0 aliphatic carbocycles. The van der Waals surface area contributed by atoms with Gasteiger partial charge >= 0.3 is 5.97 Å². The first-order valence-electron chi connectivity index (χ1n) is 10.9. The number of rotatable bonds is 5. The van der Waals surface area contributed by atoms with Gasteiger partial charge in [-0.1, -0.05) is 42.1 Å². The normalized spacial score (nSPS) is 21.5. The van der Waals surface area contributed by atoms with Crippen LogP contribution in [0.1, 0.15) is 37.8 Å². The molecule has 170 valence electrons. The van der Waals surface area contributed by atoms with Crippen LogP contribution in [0, 0.1) is 0 Å². The number of amidine groups is 1. The third-order valence-corrected chi connectivity index (χ3v) is 7.29. The summed E-state index contributed by atoms with van der Waals surface area (Å²) < 4.78 is 5.10. The Morgan fingerprint density at radius 1 is 1.19 bits per heavy atom. The Morgan fingerprint density at radius 2 is 1.88 bits per heavy atom. The standard InChI is InChI=1S/C24H30N4O3S/c1-16-21(23(30)31-4)22(17-8-6-5-7-9-17)28-19(15-32-24(28)25-16)14-20(29)27-12-10-18(11-13-27)26(2)3/h5-9,15,18,22H,10-14H2,1-4H3. The van der Waals surface area contributed by atoms with E-state index in [9.17, 15) is 9.59 Å². The number of ether oxygens (including phenoxy) is 1. The molecular weight excluding hydrogens is 424 g/mol. The third-order valence-electron chi connectivity index (χ3n) is 6.40. The number of aliphatic imine (C=N–C) groups is 1. The molecule has 0 N–H and O–H groups in total. The van der Waals surface area contributed by atoms with E-state index in [1.165, 1.54) is 18.9 Å². The monoisotopic (exact) mass is 454 g/mol. The summed E-state index contributed by atoms with van der Waals surface area (Å²) in [4.78, 5) is 36.8. The highest BCUT2D eigenvalue weighted by molar-refractivity contribution is 8.16. The Kier molecular flexibility index (Phi) is 6.71. The van der Waals surface area contributed by atoms with Gasteiger partial charge in [-0.05, 0) is 44.8 Å². The number of nitrogens with zero attached hydrogens (tertiary/aromatic N) is 4. The lowest BCUT2D eigenvalue weighted by molar-refractivity contribution is -0.136. The third kappa shape index (κ3) is 4.34. The molecule has 3 aliphatic heterocycles. The number of likely N-dealkylation sites (tertiary alicyclic amines) is 1. The Hall–Kier alpha value is -2.58. The molecule has 1 aromatic rings. The average Bonchev–Trinajstić information content (AvgIpc) is 3.20. The zero-order chi connectivity index (χ0) is 22.8. The quantitative estimate of drug-likeness (QED) is 0.636. The molecule has 1 fully saturated rings. The van der Waals surface area contributed by atoms with Crippen LogP contribution in [0.3, 0.4) is 0 Å². The van der Waals surface area contributed by atoms with Crippen LogP contribution in [0.4, 0.5) is 0 Å². The molecule has 3 heterocycles. The number of thioether (sulfide) groups is 1. The van der Waals surface area contributed by atoms with Gasteiger partial charge in [-0.2, -0.15) is 0 Å². The lowest BCUT2D eigenvalue weighted by atomic mass is 9.94. The fourth-order valence-electron chi connectivity index (χ4n) is 4.59. The molecule has 4 rings (SSSR count). The summed E-state index contributed by atoms with van der Waals surface area (Å²) in [5, 5.41) is 2.78. The lowest BCUT2D eigenvalue weighted by Crippen LogP contribution is -2.45. The van der Waals surface area contributed by atoms with Gasteiger partial charge in [0.15, 0.2) is 5.17 Å². The van der Waals surface area contributed by atoms with Gasteiger partial charge in [0.2, 0.25) is 5.91 Å². The molecule has 7 nitrogen and oxygen atoms in total. The molecule has 0 spiro atoms. The average molecular weight is 455 g/mol. The molecule has 1 aromatic carbocycles. The summed E-state index contributed by atoms with van der Waals surface area (Å²) in [5.41, 5.74) is 3.00. The Bertz CT molecular complexity index is 978. The predicted molar refractivity (Wildman–Crippen MR) is 127 cm³/mol. The first-order chi connectivity index (χ1) is 15.4. The van der Waals surface area contributed by atoms with Crippen LogP contribution in [0.15, 0.2) is 57.7 Å². The molecular formula is C24H30N4O3S. The lowest BCUT2D eigenvalue weighted by Gasteiger charge is -2.38. The predicted octanol–water partition coefficient (Wildman–Crippen LogP) is 3.38. The maximum Gasteiger partial charge on any atom is 0.338 e. The number of benzene rings is 1. The second-order valence-electron chi connectivity index (χ2n) is 8.55. The molecule has 1 atom stereocenters. The number of carbonyl (C=O) groups excluding carboxylic acids is 2. The minimum Gasteiger partial charge on any atom is -0.466 e. The van der Waals surface area contributed by atoms with E-state index in [-0.39, 0.29) is 18.4 Å². The van der Waals surface area contributed by atoms with Crippen LogP contribution in [-0.2, 0) is 14.3 Å². The molecule has 1 unspecified atom stereocenters. The fraction of sp³-hybridized carbons (Fsp3) is 0.458. The zero-order valence-corrected chi connectivity index (χ0v) is 19.9. The summed E-state index contributed by atoms with van der Waals surface area (Å²) in [6.07, 6.45) is 2.27. The highest BCUT2D eigenvalue weighted by atomic mass is 32.2. The van der Waals surface area contributed by atoms with Gasteiger partial charge in [0, 0.05) is 24.8 Å². The smallest absolute Gasteiger partial charge is 0.338 e. The Morgan fingerprint density at radius 3 is 2.50 bits per heavy atom. The van der Waals surface area contributed by atoms with Gasteiger partial charge in [0.05, 0.1) is 30.8 Å². The van der Waals surface area contributed by atoms with E-state index in [2.05, 4.69) is 24.0 Å². The number of hydrogen-bond donors (Lipinski definition) is 0. The number of esters is 1. The van der Waals surface area contributed by atoms with E-state index in [0.717, 1.165) is 42.4 Å². The van der Waals surface area contributed by atoms with Crippen molar-refractivity contribution >= 4 is 28.8 Å². The highest BCUT2D eigenvalue weighted by Gasteiger charge is 2.41. The van der Waals surface area contributed by atoms with Gasteiger partial charge < -0.3 is 19.4 Å². The van der Waals surface area contributed by atoms with Crippen LogP contribution in [0.5, 0.6) is 0 Å². The van der Waals surface area contributed by atoms with Crippen LogP contribution in [0.2, 0.25) is 0 Å². The molecule has 1 amide bonds. The topological polar surface area (TPSA) is 65.5 Å². The van der Waals surface area contributed by atoms with Crippen LogP contribution >= 0.6 is 11.8 Å². The minimum atomic E-state index is -0.396. The molecule has 3 aliphatic rings. The van der Waals surface area contributed by atoms with Crippen molar-refractivity contribution in [2.24, 2.45) is 4.99 Å². The number of piperidine rings is 1. The molecule has 8 heteroatoms. The maximum atomic E-state index is 13.2. The van der Waals surface area contributed by atoms with Crippen molar-refractivity contribution in [3.05, 3.63) is 58.3 Å². The summed E-state index contributed by atoms with van der Waals surface area (Å²) in [6.45, 7) is 3.39. The van der Waals surface area contributed by atoms with Crippen molar-refractivity contribution in [3.63, 3.8) is 0 Å². The van der Waals surface area contributed by atoms with Gasteiger partial charge in [0.25, 0.3) is 0 Å².